The SMILES string of the molecule is O=C(CN1CCN(c2nccs2)CC1)c1ccco1. The van der Waals surface area contributed by atoms with Crippen molar-refractivity contribution in [3.8, 4) is 0 Å². The van der Waals surface area contributed by atoms with Crippen LogP contribution in [0.2, 0.25) is 0 Å². The van der Waals surface area contributed by atoms with Gasteiger partial charge in [0.1, 0.15) is 0 Å². The van der Waals surface area contributed by atoms with Crippen molar-refractivity contribution in [2.45, 2.75) is 0 Å². The minimum Gasteiger partial charge on any atom is -0.461 e. The van der Waals surface area contributed by atoms with E-state index in [9.17, 15) is 4.79 Å². The minimum atomic E-state index is 0.0488. The molecule has 19 heavy (non-hydrogen) atoms. The second kappa shape index (κ2) is 5.54. The van der Waals surface area contributed by atoms with Crippen LogP contribution in [0.15, 0.2) is 34.4 Å². The molecule has 0 aromatic carbocycles. The Kier molecular flexibility index (Phi) is 3.61. The molecular formula is C13H15N3O2S. The topological polar surface area (TPSA) is 49.6 Å². The number of hydrogen-bond donors (Lipinski definition) is 0. The van der Waals surface area contributed by atoms with E-state index in [4.69, 9.17) is 4.42 Å². The Bertz CT molecular complexity index is 516. The standard InChI is InChI=1S/C13H15N3O2S/c17-11(12-2-1-8-18-12)10-15-4-6-16(7-5-15)13-14-3-9-19-13/h1-3,8-9H,4-7,10H2. The van der Waals surface area contributed by atoms with Crippen LogP contribution in [0.4, 0.5) is 5.13 Å². The van der Waals surface area contributed by atoms with Crippen molar-refractivity contribution in [2.24, 2.45) is 0 Å². The number of piperazine rings is 1. The first-order valence-corrected chi connectivity index (χ1v) is 7.14. The van der Waals surface area contributed by atoms with E-state index in [0.717, 1.165) is 31.3 Å². The van der Waals surface area contributed by atoms with Crippen molar-refractivity contribution in [2.75, 3.05) is 37.6 Å². The predicted octanol–water partition coefficient (Wildman–Crippen LogP) is 1.74. The average molecular weight is 277 g/mol. The number of anilines is 1. The number of aromatic nitrogens is 1. The lowest BCUT2D eigenvalue weighted by Crippen LogP contribution is -2.47. The molecule has 1 aliphatic heterocycles. The summed E-state index contributed by atoms with van der Waals surface area (Å²) in [5, 5.41) is 3.05. The summed E-state index contributed by atoms with van der Waals surface area (Å²) in [6.45, 7) is 4.02. The first-order chi connectivity index (χ1) is 9.33. The van der Waals surface area contributed by atoms with Gasteiger partial charge in [-0.3, -0.25) is 9.69 Å². The molecule has 2 aromatic heterocycles. The van der Waals surface area contributed by atoms with Crippen molar-refractivity contribution < 1.29 is 9.21 Å². The van der Waals surface area contributed by atoms with Gasteiger partial charge in [-0.1, -0.05) is 0 Å². The fourth-order valence-corrected chi connectivity index (χ4v) is 2.88. The molecule has 1 saturated heterocycles. The zero-order valence-corrected chi connectivity index (χ0v) is 11.3. The molecule has 3 rings (SSSR count). The highest BCUT2D eigenvalue weighted by atomic mass is 32.1. The van der Waals surface area contributed by atoms with E-state index >= 15 is 0 Å². The van der Waals surface area contributed by atoms with Gasteiger partial charge in [0.15, 0.2) is 10.9 Å². The van der Waals surface area contributed by atoms with Crippen LogP contribution in [-0.4, -0.2) is 48.4 Å². The number of hydrogen-bond acceptors (Lipinski definition) is 6. The molecule has 0 amide bonds. The van der Waals surface area contributed by atoms with Gasteiger partial charge in [-0.15, -0.1) is 11.3 Å². The number of carbonyl (C=O) groups excluding carboxylic acids is 1. The highest BCUT2D eigenvalue weighted by Gasteiger charge is 2.21. The van der Waals surface area contributed by atoms with Crippen molar-refractivity contribution in [3.63, 3.8) is 0 Å². The molecule has 100 valence electrons. The van der Waals surface area contributed by atoms with Crippen LogP contribution in [0.1, 0.15) is 10.6 Å². The predicted molar refractivity (Wildman–Crippen MR) is 73.8 cm³/mol. The third kappa shape index (κ3) is 2.85. The van der Waals surface area contributed by atoms with Gasteiger partial charge in [0, 0.05) is 37.8 Å². The van der Waals surface area contributed by atoms with Gasteiger partial charge in [-0.25, -0.2) is 4.98 Å². The maximum Gasteiger partial charge on any atom is 0.211 e. The van der Waals surface area contributed by atoms with Crippen molar-refractivity contribution in [3.05, 3.63) is 35.7 Å². The Labute approximate surface area is 115 Å². The minimum absolute atomic E-state index is 0.0488. The summed E-state index contributed by atoms with van der Waals surface area (Å²) in [5.74, 6) is 0.495. The molecule has 3 heterocycles. The van der Waals surface area contributed by atoms with Crippen LogP contribution >= 0.6 is 11.3 Å². The third-order valence-corrected chi connectivity index (χ3v) is 4.06. The van der Waals surface area contributed by atoms with Crippen molar-refractivity contribution in [1.82, 2.24) is 9.88 Å². The molecule has 0 unspecified atom stereocenters. The van der Waals surface area contributed by atoms with Crippen LogP contribution in [0.3, 0.4) is 0 Å². The molecule has 5 nitrogen and oxygen atoms in total. The third-order valence-electron chi connectivity index (χ3n) is 3.23. The Morgan fingerprint density at radius 3 is 2.84 bits per heavy atom. The molecule has 0 atom stereocenters. The number of rotatable bonds is 4. The second-order valence-electron chi connectivity index (χ2n) is 4.48. The Morgan fingerprint density at radius 1 is 1.37 bits per heavy atom. The molecule has 0 bridgehead atoms. The fourth-order valence-electron chi connectivity index (χ4n) is 2.19. The Hall–Kier alpha value is -1.66. The summed E-state index contributed by atoms with van der Waals surface area (Å²) in [4.78, 5) is 20.7. The number of furan rings is 1. The van der Waals surface area contributed by atoms with E-state index in [-0.39, 0.29) is 5.78 Å². The molecular weight excluding hydrogens is 262 g/mol. The number of ketones is 1. The number of Topliss-reactive ketones (excluding diaryl/α,β-unsaturated/α-hetero) is 1. The summed E-state index contributed by atoms with van der Waals surface area (Å²) in [6, 6.07) is 3.46. The molecule has 2 aromatic rings. The Morgan fingerprint density at radius 2 is 2.21 bits per heavy atom. The van der Waals surface area contributed by atoms with E-state index in [1.807, 2.05) is 11.6 Å². The fraction of sp³-hybridized carbons (Fsp3) is 0.385. The molecule has 0 spiro atoms. The van der Waals surface area contributed by atoms with Gasteiger partial charge in [-0.2, -0.15) is 0 Å². The van der Waals surface area contributed by atoms with Gasteiger partial charge >= 0.3 is 0 Å². The van der Waals surface area contributed by atoms with E-state index in [1.165, 1.54) is 6.26 Å². The second-order valence-corrected chi connectivity index (χ2v) is 5.35. The molecule has 0 N–H and O–H groups in total. The summed E-state index contributed by atoms with van der Waals surface area (Å²) in [7, 11) is 0. The average Bonchev–Trinajstić information content (AvgIpc) is 3.13. The lowest BCUT2D eigenvalue weighted by Gasteiger charge is -2.33. The number of nitrogens with zero attached hydrogens (tertiary/aromatic N) is 3. The lowest BCUT2D eigenvalue weighted by molar-refractivity contribution is 0.0899. The molecule has 1 fully saturated rings. The number of carbonyl (C=O) groups is 1. The van der Waals surface area contributed by atoms with Gasteiger partial charge < -0.3 is 9.32 Å². The van der Waals surface area contributed by atoms with Crippen LogP contribution in [0.25, 0.3) is 0 Å². The van der Waals surface area contributed by atoms with E-state index < -0.39 is 0 Å². The maximum atomic E-state index is 11.9. The number of thiazole rings is 1. The summed E-state index contributed by atoms with van der Waals surface area (Å²) >= 11 is 1.66. The van der Waals surface area contributed by atoms with Gasteiger partial charge in [-0.05, 0) is 12.1 Å². The van der Waals surface area contributed by atoms with E-state index in [2.05, 4.69) is 14.8 Å². The first-order valence-electron chi connectivity index (χ1n) is 6.26. The normalized spacial score (nSPS) is 16.7. The zero-order valence-electron chi connectivity index (χ0n) is 10.5. The quantitative estimate of drug-likeness (QED) is 0.797. The maximum absolute atomic E-state index is 11.9. The van der Waals surface area contributed by atoms with Crippen LogP contribution in [-0.2, 0) is 0 Å². The highest BCUT2D eigenvalue weighted by molar-refractivity contribution is 7.13. The van der Waals surface area contributed by atoms with Crippen molar-refractivity contribution >= 4 is 22.3 Å². The van der Waals surface area contributed by atoms with E-state index in [0.29, 0.717) is 12.3 Å². The van der Waals surface area contributed by atoms with Gasteiger partial charge in [0.05, 0.1) is 12.8 Å². The first kappa shape index (κ1) is 12.4. The Balaban J connectivity index is 1.52. The largest absolute Gasteiger partial charge is 0.461 e. The molecule has 0 saturated carbocycles. The van der Waals surface area contributed by atoms with Crippen molar-refractivity contribution in [1.29, 1.82) is 0 Å². The van der Waals surface area contributed by atoms with E-state index in [1.54, 1.807) is 23.5 Å². The zero-order chi connectivity index (χ0) is 13.1. The molecule has 1 aliphatic rings. The van der Waals surface area contributed by atoms with Crippen LogP contribution in [0, 0.1) is 0 Å². The van der Waals surface area contributed by atoms with Crippen LogP contribution in [0.5, 0.6) is 0 Å². The highest BCUT2D eigenvalue weighted by Crippen LogP contribution is 2.18. The summed E-state index contributed by atoms with van der Waals surface area (Å²) in [5.41, 5.74) is 0. The monoisotopic (exact) mass is 277 g/mol. The smallest absolute Gasteiger partial charge is 0.211 e. The molecule has 6 heteroatoms. The van der Waals surface area contributed by atoms with Gasteiger partial charge in [0.2, 0.25) is 5.78 Å². The molecule has 0 aliphatic carbocycles. The van der Waals surface area contributed by atoms with Gasteiger partial charge in [0.25, 0.3) is 0 Å². The van der Waals surface area contributed by atoms with Crippen LogP contribution < -0.4 is 4.90 Å². The summed E-state index contributed by atoms with van der Waals surface area (Å²) < 4.78 is 5.12. The summed E-state index contributed by atoms with van der Waals surface area (Å²) in [6.07, 6.45) is 3.36. The lowest BCUT2D eigenvalue weighted by atomic mass is 10.2. The molecule has 0 radical (unpaired) electrons.